The van der Waals surface area contributed by atoms with Crippen molar-refractivity contribution in [2.24, 2.45) is 5.73 Å². The molecule has 20 heavy (non-hydrogen) atoms. The largest absolute Gasteiger partial charge is 0.493 e. The minimum Gasteiger partial charge on any atom is -0.493 e. The molecule has 2 aromatic rings. The molecule has 104 valence electrons. The molecule has 1 aliphatic rings. The normalized spacial score (nSPS) is 15.3. The fraction of sp³-hybridized carbons (Fsp3) is 0.250. The molecule has 0 amide bonds. The SMILES string of the molecule is NC(c1cccc(F)c1Cl)c1cccc2c1OCCC2. The Morgan fingerprint density at radius 1 is 1.15 bits per heavy atom. The lowest BCUT2D eigenvalue weighted by atomic mass is 9.94. The van der Waals surface area contributed by atoms with Crippen LogP contribution in [0.3, 0.4) is 0 Å². The number of fused-ring (bicyclic) bond motifs is 1. The van der Waals surface area contributed by atoms with Crippen molar-refractivity contribution in [3.63, 3.8) is 0 Å². The molecule has 3 rings (SSSR count). The quantitative estimate of drug-likeness (QED) is 0.912. The van der Waals surface area contributed by atoms with Gasteiger partial charge in [0.25, 0.3) is 0 Å². The van der Waals surface area contributed by atoms with Crippen LogP contribution in [0.1, 0.15) is 29.2 Å². The van der Waals surface area contributed by atoms with Gasteiger partial charge in [-0.25, -0.2) is 4.39 Å². The summed E-state index contributed by atoms with van der Waals surface area (Å²) in [4.78, 5) is 0. The number of aryl methyl sites for hydroxylation is 1. The van der Waals surface area contributed by atoms with E-state index in [1.54, 1.807) is 12.1 Å². The van der Waals surface area contributed by atoms with E-state index in [1.165, 1.54) is 6.07 Å². The molecule has 0 spiro atoms. The van der Waals surface area contributed by atoms with E-state index >= 15 is 0 Å². The number of para-hydroxylation sites is 1. The zero-order chi connectivity index (χ0) is 14.1. The van der Waals surface area contributed by atoms with E-state index in [-0.39, 0.29) is 5.02 Å². The van der Waals surface area contributed by atoms with Gasteiger partial charge < -0.3 is 10.5 Å². The first-order valence-electron chi connectivity index (χ1n) is 6.62. The maximum atomic E-state index is 13.6. The Bertz CT molecular complexity index is 644. The summed E-state index contributed by atoms with van der Waals surface area (Å²) in [6.45, 7) is 0.688. The molecular weight excluding hydrogens is 277 g/mol. The van der Waals surface area contributed by atoms with E-state index in [2.05, 4.69) is 0 Å². The van der Waals surface area contributed by atoms with E-state index in [4.69, 9.17) is 22.1 Å². The van der Waals surface area contributed by atoms with Gasteiger partial charge in [0.1, 0.15) is 11.6 Å². The first-order chi connectivity index (χ1) is 9.68. The zero-order valence-corrected chi connectivity index (χ0v) is 11.7. The van der Waals surface area contributed by atoms with Gasteiger partial charge in [-0.1, -0.05) is 41.9 Å². The van der Waals surface area contributed by atoms with Crippen LogP contribution in [0.2, 0.25) is 5.02 Å². The number of halogens is 2. The number of ether oxygens (including phenoxy) is 1. The fourth-order valence-electron chi connectivity index (χ4n) is 2.59. The summed E-state index contributed by atoms with van der Waals surface area (Å²) in [5, 5.41) is 0.0772. The molecular formula is C16H15ClFNO. The minimum atomic E-state index is -0.494. The van der Waals surface area contributed by atoms with E-state index in [0.717, 1.165) is 29.7 Å². The molecule has 0 aliphatic carbocycles. The molecule has 0 radical (unpaired) electrons. The lowest BCUT2D eigenvalue weighted by Gasteiger charge is -2.24. The standard InChI is InChI=1S/C16H15ClFNO/c17-14-11(6-2-8-13(14)18)15(19)12-7-1-4-10-5-3-9-20-16(10)12/h1-2,4,6-8,15H,3,5,9,19H2. The Kier molecular flexibility index (Phi) is 3.64. The molecule has 4 heteroatoms. The van der Waals surface area contributed by atoms with Crippen molar-refractivity contribution < 1.29 is 9.13 Å². The highest BCUT2D eigenvalue weighted by Crippen LogP contribution is 2.36. The lowest BCUT2D eigenvalue weighted by Crippen LogP contribution is -2.17. The molecule has 1 atom stereocenters. The highest BCUT2D eigenvalue weighted by atomic mass is 35.5. The Balaban J connectivity index is 2.07. The summed E-state index contributed by atoms with van der Waals surface area (Å²) >= 11 is 6.03. The molecule has 0 bridgehead atoms. The van der Waals surface area contributed by atoms with Crippen LogP contribution in [-0.4, -0.2) is 6.61 Å². The monoisotopic (exact) mass is 291 g/mol. The second-order valence-corrected chi connectivity index (χ2v) is 5.29. The number of benzene rings is 2. The third-order valence-electron chi connectivity index (χ3n) is 3.62. The van der Waals surface area contributed by atoms with E-state index in [1.807, 2.05) is 18.2 Å². The second-order valence-electron chi connectivity index (χ2n) is 4.91. The average molecular weight is 292 g/mol. The Hall–Kier alpha value is -1.58. The van der Waals surface area contributed by atoms with Crippen LogP contribution in [0.15, 0.2) is 36.4 Å². The molecule has 1 aliphatic heterocycles. The highest BCUT2D eigenvalue weighted by Gasteiger charge is 2.22. The van der Waals surface area contributed by atoms with Crippen molar-refractivity contribution in [1.29, 1.82) is 0 Å². The summed E-state index contributed by atoms with van der Waals surface area (Å²) in [6.07, 6.45) is 1.99. The van der Waals surface area contributed by atoms with Crippen molar-refractivity contribution >= 4 is 11.6 Å². The Morgan fingerprint density at radius 3 is 2.75 bits per heavy atom. The van der Waals surface area contributed by atoms with Gasteiger partial charge in [0, 0.05) is 5.56 Å². The summed E-state index contributed by atoms with van der Waals surface area (Å²) in [5.74, 6) is 0.372. The lowest BCUT2D eigenvalue weighted by molar-refractivity contribution is 0.284. The molecule has 0 fully saturated rings. The number of rotatable bonds is 2. The van der Waals surface area contributed by atoms with Crippen LogP contribution in [0.4, 0.5) is 4.39 Å². The molecule has 2 aromatic carbocycles. The molecule has 2 N–H and O–H groups in total. The summed E-state index contributed by atoms with van der Waals surface area (Å²) in [7, 11) is 0. The van der Waals surface area contributed by atoms with Gasteiger partial charge in [0.15, 0.2) is 0 Å². The van der Waals surface area contributed by atoms with Gasteiger partial charge in [-0.3, -0.25) is 0 Å². The summed E-state index contributed by atoms with van der Waals surface area (Å²) in [6, 6.07) is 10.1. The first-order valence-corrected chi connectivity index (χ1v) is 7.00. The predicted octanol–water partition coefficient (Wildman–Crippen LogP) is 3.85. The maximum absolute atomic E-state index is 13.6. The van der Waals surface area contributed by atoms with Gasteiger partial charge in [0.05, 0.1) is 17.7 Å². The Labute approximate surface area is 122 Å². The van der Waals surface area contributed by atoms with Crippen molar-refractivity contribution in [1.82, 2.24) is 0 Å². The Morgan fingerprint density at radius 2 is 1.90 bits per heavy atom. The van der Waals surface area contributed by atoms with Crippen molar-refractivity contribution in [2.45, 2.75) is 18.9 Å². The van der Waals surface area contributed by atoms with Crippen LogP contribution < -0.4 is 10.5 Å². The molecule has 1 unspecified atom stereocenters. The third-order valence-corrected chi connectivity index (χ3v) is 4.01. The topological polar surface area (TPSA) is 35.2 Å². The van der Waals surface area contributed by atoms with Crippen molar-refractivity contribution in [2.75, 3.05) is 6.61 Å². The van der Waals surface area contributed by atoms with Crippen molar-refractivity contribution in [3.8, 4) is 5.75 Å². The van der Waals surface area contributed by atoms with Gasteiger partial charge in [0.2, 0.25) is 0 Å². The molecule has 0 saturated carbocycles. The number of hydrogen-bond donors (Lipinski definition) is 1. The van der Waals surface area contributed by atoms with Gasteiger partial charge in [-0.15, -0.1) is 0 Å². The molecule has 2 nitrogen and oxygen atoms in total. The van der Waals surface area contributed by atoms with E-state index in [0.29, 0.717) is 12.2 Å². The van der Waals surface area contributed by atoms with Gasteiger partial charge in [-0.05, 0) is 30.0 Å². The highest BCUT2D eigenvalue weighted by molar-refractivity contribution is 6.31. The maximum Gasteiger partial charge on any atom is 0.142 e. The summed E-state index contributed by atoms with van der Waals surface area (Å²) < 4.78 is 19.3. The fourth-order valence-corrected chi connectivity index (χ4v) is 2.83. The molecule has 0 aromatic heterocycles. The van der Waals surface area contributed by atoms with E-state index in [9.17, 15) is 4.39 Å². The average Bonchev–Trinajstić information content (AvgIpc) is 2.49. The smallest absolute Gasteiger partial charge is 0.142 e. The number of nitrogens with two attached hydrogens (primary N) is 1. The van der Waals surface area contributed by atoms with Crippen LogP contribution >= 0.6 is 11.6 Å². The zero-order valence-electron chi connectivity index (χ0n) is 10.9. The minimum absolute atomic E-state index is 0.0772. The van der Waals surface area contributed by atoms with E-state index < -0.39 is 11.9 Å². The van der Waals surface area contributed by atoms with Crippen LogP contribution in [0.5, 0.6) is 5.75 Å². The second kappa shape index (κ2) is 5.43. The van der Waals surface area contributed by atoms with Crippen LogP contribution in [0.25, 0.3) is 0 Å². The summed E-state index contributed by atoms with van der Waals surface area (Å²) in [5.41, 5.74) is 8.86. The van der Waals surface area contributed by atoms with Gasteiger partial charge >= 0.3 is 0 Å². The number of hydrogen-bond acceptors (Lipinski definition) is 2. The molecule has 0 saturated heterocycles. The predicted molar refractivity (Wildman–Crippen MR) is 77.7 cm³/mol. The third kappa shape index (κ3) is 2.28. The van der Waals surface area contributed by atoms with Crippen molar-refractivity contribution in [3.05, 3.63) is 63.9 Å². The van der Waals surface area contributed by atoms with Crippen LogP contribution in [0, 0.1) is 5.82 Å². The van der Waals surface area contributed by atoms with Crippen LogP contribution in [-0.2, 0) is 6.42 Å². The van der Waals surface area contributed by atoms with Gasteiger partial charge in [-0.2, -0.15) is 0 Å². The molecule has 1 heterocycles. The first kappa shape index (κ1) is 13.4.